The molecule has 0 atom stereocenters. The summed E-state index contributed by atoms with van der Waals surface area (Å²) in [4.78, 5) is 11.7. The molecule has 86 valence electrons. The molecule has 1 N–H and O–H groups in total. The minimum Gasteiger partial charge on any atom is -0.291 e. The standard InChI is InChI=1S/C12H22N2O/c1-6-7-8-9-10(12(2,3)4)14(5)13-11(9)15/h6-8H2,1-5H3,(H,13,15). The highest BCUT2D eigenvalue weighted by Gasteiger charge is 2.23. The SMILES string of the molecule is CCCCc1c(C(C)(C)C)n(C)[nH]c1=O. The van der Waals surface area contributed by atoms with Crippen molar-refractivity contribution in [3.8, 4) is 0 Å². The molecule has 15 heavy (non-hydrogen) atoms. The van der Waals surface area contributed by atoms with Gasteiger partial charge in [0.05, 0.1) is 0 Å². The van der Waals surface area contributed by atoms with Gasteiger partial charge < -0.3 is 0 Å². The van der Waals surface area contributed by atoms with Crippen LogP contribution in [0, 0.1) is 0 Å². The maximum absolute atomic E-state index is 11.7. The van der Waals surface area contributed by atoms with Crippen molar-refractivity contribution in [1.29, 1.82) is 0 Å². The summed E-state index contributed by atoms with van der Waals surface area (Å²) < 4.78 is 1.87. The molecule has 0 saturated carbocycles. The number of aromatic nitrogens is 2. The molecule has 0 saturated heterocycles. The van der Waals surface area contributed by atoms with Gasteiger partial charge in [0.25, 0.3) is 5.56 Å². The summed E-state index contributed by atoms with van der Waals surface area (Å²) in [7, 11) is 1.91. The fourth-order valence-corrected chi connectivity index (χ4v) is 2.13. The lowest BCUT2D eigenvalue weighted by Crippen LogP contribution is -2.19. The van der Waals surface area contributed by atoms with Crippen molar-refractivity contribution in [2.75, 3.05) is 0 Å². The third-order valence-corrected chi connectivity index (χ3v) is 2.66. The lowest BCUT2D eigenvalue weighted by molar-refractivity contribution is 0.516. The Bertz CT molecular complexity index is 379. The van der Waals surface area contributed by atoms with E-state index in [-0.39, 0.29) is 11.0 Å². The molecule has 0 aromatic carbocycles. The molecule has 3 nitrogen and oxygen atoms in total. The van der Waals surface area contributed by atoms with Crippen LogP contribution in [0.3, 0.4) is 0 Å². The van der Waals surface area contributed by atoms with E-state index >= 15 is 0 Å². The molecule has 0 bridgehead atoms. The lowest BCUT2D eigenvalue weighted by atomic mass is 9.88. The highest BCUT2D eigenvalue weighted by atomic mass is 16.1. The number of nitrogens with one attached hydrogen (secondary N) is 1. The Hall–Kier alpha value is -0.990. The normalized spacial score (nSPS) is 12.1. The quantitative estimate of drug-likeness (QED) is 0.817. The molecule has 0 unspecified atom stereocenters. The van der Waals surface area contributed by atoms with Gasteiger partial charge in [-0.15, -0.1) is 0 Å². The van der Waals surface area contributed by atoms with Crippen LogP contribution < -0.4 is 5.56 Å². The van der Waals surface area contributed by atoms with Crippen LogP contribution in [0.4, 0.5) is 0 Å². The van der Waals surface area contributed by atoms with Gasteiger partial charge in [-0.25, -0.2) is 0 Å². The molecule has 0 fully saturated rings. The predicted molar refractivity (Wildman–Crippen MR) is 63.3 cm³/mol. The summed E-state index contributed by atoms with van der Waals surface area (Å²) in [6, 6.07) is 0. The molecule has 3 heteroatoms. The van der Waals surface area contributed by atoms with Gasteiger partial charge in [0, 0.05) is 23.7 Å². The van der Waals surface area contributed by atoms with Gasteiger partial charge in [-0.1, -0.05) is 34.1 Å². The monoisotopic (exact) mass is 210 g/mol. The van der Waals surface area contributed by atoms with Gasteiger partial charge >= 0.3 is 0 Å². The van der Waals surface area contributed by atoms with E-state index in [1.54, 1.807) is 0 Å². The summed E-state index contributed by atoms with van der Waals surface area (Å²) in [5.74, 6) is 0. The van der Waals surface area contributed by atoms with Crippen molar-refractivity contribution >= 4 is 0 Å². The number of nitrogens with zero attached hydrogens (tertiary/aromatic N) is 1. The van der Waals surface area contributed by atoms with Crippen molar-refractivity contribution in [3.63, 3.8) is 0 Å². The first-order valence-electron chi connectivity index (χ1n) is 5.66. The van der Waals surface area contributed by atoms with Crippen molar-refractivity contribution in [2.24, 2.45) is 7.05 Å². The van der Waals surface area contributed by atoms with Crippen LogP contribution in [0.25, 0.3) is 0 Å². The Morgan fingerprint density at radius 3 is 2.40 bits per heavy atom. The molecular formula is C12H22N2O. The van der Waals surface area contributed by atoms with Gasteiger partial charge in [-0.3, -0.25) is 14.6 Å². The highest BCUT2D eigenvalue weighted by molar-refractivity contribution is 5.25. The molecule has 0 aliphatic rings. The Morgan fingerprint density at radius 2 is 1.93 bits per heavy atom. The Kier molecular flexibility index (Phi) is 3.42. The summed E-state index contributed by atoms with van der Waals surface area (Å²) in [5, 5.41) is 2.85. The van der Waals surface area contributed by atoms with E-state index in [2.05, 4.69) is 32.8 Å². The Morgan fingerprint density at radius 1 is 1.33 bits per heavy atom. The van der Waals surface area contributed by atoms with Gasteiger partial charge in [0.1, 0.15) is 0 Å². The van der Waals surface area contributed by atoms with Gasteiger partial charge in [0.15, 0.2) is 0 Å². The van der Waals surface area contributed by atoms with Crippen LogP contribution in [0.15, 0.2) is 4.79 Å². The second-order valence-corrected chi connectivity index (χ2v) is 5.18. The van der Waals surface area contributed by atoms with Gasteiger partial charge in [-0.05, 0) is 12.8 Å². The third kappa shape index (κ3) is 2.52. The van der Waals surface area contributed by atoms with E-state index in [0.717, 1.165) is 30.5 Å². The number of unbranched alkanes of at least 4 members (excludes halogenated alkanes) is 1. The average Bonchev–Trinajstić information content (AvgIpc) is 2.36. The molecule has 1 heterocycles. The summed E-state index contributed by atoms with van der Waals surface area (Å²) in [6.07, 6.45) is 3.09. The van der Waals surface area contributed by atoms with E-state index in [1.807, 2.05) is 11.7 Å². The van der Waals surface area contributed by atoms with Crippen LogP contribution in [-0.2, 0) is 18.9 Å². The Labute approximate surface area is 91.5 Å². The zero-order chi connectivity index (χ0) is 11.6. The first-order valence-corrected chi connectivity index (χ1v) is 5.66. The maximum atomic E-state index is 11.7. The van der Waals surface area contributed by atoms with E-state index < -0.39 is 0 Å². The number of aryl methyl sites for hydroxylation is 1. The van der Waals surface area contributed by atoms with Gasteiger partial charge in [0.2, 0.25) is 0 Å². The molecule has 1 rings (SSSR count). The molecule has 0 aliphatic heterocycles. The van der Waals surface area contributed by atoms with Crippen molar-refractivity contribution in [2.45, 2.75) is 52.4 Å². The molecular weight excluding hydrogens is 188 g/mol. The van der Waals surface area contributed by atoms with Crippen molar-refractivity contribution < 1.29 is 0 Å². The second-order valence-electron chi connectivity index (χ2n) is 5.18. The highest BCUT2D eigenvalue weighted by Crippen LogP contribution is 2.24. The zero-order valence-corrected chi connectivity index (χ0v) is 10.5. The summed E-state index contributed by atoms with van der Waals surface area (Å²) in [5.41, 5.74) is 2.21. The predicted octanol–water partition coefficient (Wildman–Crippen LogP) is 2.35. The molecule has 1 aromatic rings. The van der Waals surface area contributed by atoms with Crippen LogP contribution in [0.5, 0.6) is 0 Å². The minimum atomic E-state index is 0.0248. The number of hydrogen-bond donors (Lipinski definition) is 1. The Balaban J connectivity index is 3.18. The summed E-state index contributed by atoms with van der Waals surface area (Å²) >= 11 is 0. The van der Waals surface area contributed by atoms with E-state index in [9.17, 15) is 4.79 Å². The van der Waals surface area contributed by atoms with Crippen molar-refractivity contribution in [1.82, 2.24) is 9.78 Å². The number of hydrogen-bond acceptors (Lipinski definition) is 1. The number of H-pyrrole nitrogens is 1. The fourth-order valence-electron chi connectivity index (χ4n) is 2.13. The zero-order valence-electron chi connectivity index (χ0n) is 10.5. The van der Waals surface area contributed by atoms with E-state index in [4.69, 9.17) is 0 Å². The molecule has 0 radical (unpaired) electrons. The molecule has 1 aromatic heterocycles. The third-order valence-electron chi connectivity index (χ3n) is 2.66. The van der Waals surface area contributed by atoms with Crippen LogP contribution in [0.2, 0.25) is 0 Å². The molecule has 0 aliphatic carbocycles. The fraction of sp³-hybridized carbons (Fsp3) is 0.750. The van der Waals surface area contributed by atoms with Crippen molar-refractivity contribution in [3.05, 3.63) is 21.6 Å². The average molecular weight is 210 g/mol. The largest absolute Gasteiger partial charge is 0.291 e. The molecule has 0 amide bonds. The smallest absolute Gasteiger partial charge is 0.267 e. The second kappa shape index (κ2) is 4.25. The van der Waals surface area contributed by atoms with Gasteiger partial charge in [-0.2, -0.15) is 0 Å². The number of rotatable bonds is 3. The first-order chi connectivity index (χ1) is 6.88. The van der Waals surface area contributed by atoms with Crippen LogP contribution in [-0.4, -0.2) is 9.78 Å². The summed E-state index contributed by atoms with van der Waals surface area (Å²) in [6.45, 7) is 8.58. The maximum Gasteiger partial charge on any atom is 0.267 e. The number of aromatic amines is 1. The minimum absolute atomic E-state index is 0.0248. The lowest BCUT2D eigenvalue weighted by Gasteiger charge is -2.20. The van der Waals surface area contributed by atoms with Crippen LogP contribution in [0.1, 0.15) is 51.8 Å². The first kappa shape index (κ1) is 12.1. The van der Waals surface area contributed by atoms with E-state index in [1.165, 1.54) is 0 Å². The molecule has 0 spiro atoms. The van der Waals surface area contributed by atoms with E-state index in [0.29, 0.717) is 0 Å². The topological polar surface area (TPSA) is 37.8 Å². The van der Waals surface area contributed by atoms with Crippen LogP contribution >= 0.6 is 0 Å².